The Labute approximate surface area is 115 Å². The van der Waals surface area contributed by atoms with Crippen LogP contribution in [0.15, 0.2) is 0 Å². The Bertz CT molecular complexity index is 351. The van der Waals surface area contributed by atoms with Gasteiger partial charge in [0.25, 0.3) is 0 Å². The summed E-state index contributed by atoms with van der Waals surface area (Å²) in [4.78, 5) is 11.5. The molecule has 1 fully saturated rings. The van der Waals surface area contributed by atoms with Crippen LogP contribution in [0.3, 0.4) is 0 Å². The molecular weight excluding hydrogens is 276 g/mol. The van der Waals surface area contributed by atoms with Crippen LogP contribution in [0.5, 0.6) is 0 Å². The van der Waals surface area contributed by atoms with Crippen molar-refractivity contribution in [2.75, 3.05) is 12.3 Å². The highest BCUT2D eigenvalue weighted by molar-refractivity contribution is 7.92. The first-order valence-corrected chi connectivity index (χ1v) is 7.87. The van der Waals surface area contributed by atoms with Gasteiger partial charge in [-0.1, -0.05) is 12.8 Å². The number of carbonyl (C=O) groups is 1. The Balaban J connectivity index is 0.00000289. The minimum Gasteiger partial charge on any atom is -0.355 e. The lowest BCUT2D eigenvalue weighted by molar-refractivity contribution is -0.118. The molecule has 3 N–H and O–H groups in total. The Morgan fingerprint density at radius 3 is 2.44 bits per heavy atom. The fourth-order valence-electron chi connectivity index (χ4n) is 2.04. The van der Waals surface area contributed by atoms with Gasteiger partial charge in [-0.05, 0) is 26.2 Å². The molecule has 0 radical (unpaired) electrons. The molecule has 0 heterocycles. The molecule has 18 heavy (non-hydrogen) atoms. The summed E-state index contributed by atoms with van der Waals surface area (Å²) in [6.45, 7) is 2.29. The number of halogens is 1. The summed E-state index contributed by atoms with van der Waals surface area (Å²) in [6, 6.07) is 0.0155. The van der Waals surface area contributed by atoms with Crippen LogP contribution in [0.1, 0.15) is 39.0 Å². The van der Waals surface area contributed by atoms with Crippen molar-refractivity contribution in [2.45, 2.75) is 50.3 Å². The summed E-state index contributed by atoms with van der Waals surface area (Å²) >= 11 is 0. The quantitative estimate of drug-likeness (QED) is 0.752. The number of nitrogens with two attached hydrogens (primary N) is 1. The van der Waals surface area contributed by atoms with E-state index in [-0.39, 0.29) is 29.5 Å². The first kappa shape index (κ1) is 17.7. The maximum absolute atomic E-state index is 11.9. The van der Waals surface area contributed by atoms with Gasteiger partial charge in [-0.25, -0.2) is 8.42 Å². The van der Waals surface area contributed by atoms with Crippen molar-refractivity contribution in [1.82, 2.24) is 5.32 Å². The molecule has 0 aromatic heterocycles. The van der Waals surface area contributed by atoms with Gasteiger partial charge >= 0.3 is 0 Å². The number of hydrogen-bond acceptors (Lipinski definition) is 4. The first-order valence-electron chi connectivity index (χ1n) is 6.15. The van der Waals surface area contributed by atoms with Crippen LogP contribution >= 0.6 is 12.4 Å². The number of amides is 1. The number of sulfone groups is 1. The second-order valence-corrected chi connectivity index (χ2v) is 7.11. The van der Waals surface area contributed by atoms with Crippen molar-refractivity contribution in [3.63, 3.8) is 0 Å². The van der Waals surface area contributed by atoms with Crippen LogP contribution in [0.25, 0.3) is 0 Å². The van der Waals surface area contributed by atoms with Crippen molar-refractivity contribution in [1.29, 1.82) is 0 Å². The van der Waals surface area contributed by atoms with Gasteiger partial charge in [0, 0.05) is 12.6 Å². The first-order chi connectivity index (χ1) is 7.92. The van der Waals surface area contributed by atoms with E-state index in [4.69, 9.17) is 5.73 Å². The molecule has 0 aromatic rings. The van der Waals surface area contributed by atoms with Gasteiger partial charge in [0.05, 0.1) is 5.25 Å². The maximum atomic E-state index is 11.9. The van der Waals surface area contributed by atoms with Crippen LogP contribution in [0.2, 0.25) is 0 Å². The van der Waals surface area contributed by atoms with E-state index in [2.05, 4.69) is 5.32 Å². The van der Waals surface area contributed by atoms with Crippen molar-refractivity contribution in [3.8, 4) is 0 Å². The van der Waals surface area contributed by atoms with E-state index in [0.717, 1.165) is 12.8 Å². The molecule has 1 rings (SSSR count). The van der Waals surface area contributed by atoms with Crippen molar-refractivity contribution < 1.29 is 13.2 Å². The average Bonchev–Trinajstić information content (AvgIpc) is 2.68. The highest BCUT2D eigenvalue weighted by Gasteiger charge is 2.30. The molecule has 0 saturated heterocycles. The van der Waals surface area contributed by atoms with E-state index in [1.54, 1.807) is 0 Å². The molecule has 108 valence electrons. The summed E-state index contributed by atoms with van der Waals surface area (Å²) in [5, 5.41) is 2.29. The van der Waals surface area contributed by atoms with Gasteiger partial charge in [-0.2, -0.15) is 0 Å². The standard InChI is InChI=1S/C11H22N2O3S.ClH/c1-9(12)6-7-13-11(14)8-17(15,16)10-4-2-3-5-10;/h9-10H,2-8,12H2,1H3,(H,13,14);1H. The molecule has 1 amide bonds. The lowest BCUT2D eigenvalue weighted by Gasteiger charge is -2.11. The van der Waals surface area contributed by atoms with Crippen molar-refractivity contribution in [3.05, 3.63) is 0 Å². The summed E-state index contributed by atoms with van der Waals surface area (Å²) in [6.07, 6.45) is 3.98. The second kappa shape index (κ2) is 7.96. The van der Waals surface area contributed by atoms with Crippen LogP contribution < -0.4 is 11.1 Å². The monoisotopic (exact) mass is 298 g/mol. The normalized spacial score (nSPS) is 18.1. The van der Waals surface area contributed by atoms with Crippen LogP contribution in [-0.4, -0.2) is 37.9 Å². The zero-order valence-electron chi connectivity index (χ0n) is 10.7. The van der Waals surface area contributed by atoms with Gasteiger partial charge in [-0.3, -0.25) is 4.79 Å². The third-order valence-electron chi connectivity index (χ3n) is 3.06. The highest BCUT2D eigenvalue weighted by atomic mass is 35.5. The van der Waals surface area contributed by atoms with E-state index in [0.29, 0.717) is 25.8 Å². The van der Waals surface area contributed by atoms with Gasteiger partial charge in [0.2, 0.25) is 5.91 Å². The van der Waals surface area contributed by atoms with Gasteiger partial charge in [-0.15, -0.1) is 12.4 Å². The number of hydrogen-bond donors (Lipinski definition) is 2. The molecule has 5 nitrogen and oxygen atoms in total. The summed E-state index contributed by atoms with van der Waals surface area (Å²) in [5.74, 6) is -0.783. The SMILES string of the molecule is CC(N)CCNC(=O)CS(=O)(=O)C1CCCC1.Cl. The third-order valence-corrected chi connectivity index (χ3v) is 5.22. The molecule has 1 atom stereocenters. The van der Waals surface area contributed by atoms with E-state index >= 15 is 0 Å². The van der Waals surface area contributed by atoms with Crippen molar-refractivity contribution in [2.24, 2.45) is 5.73 Å². The Kier molecular flexibility index (Phi) is 7.82. The third kappa shape index (κ3) is 6.02. The molecule has 0 aromatic carbocycles. The minimum atomic E-state index is -3.25. The van der Waals surface area contributed by atoms with Gasteiger partial charge < -0.3 is 11.1 Å². The largest absolute Gasteiger partial charge is 0.355 e. The zero-order valence-corrected chi connectivity index (χ0v) is 12.4. The number of carbonyl (C=O) groups excluding carboxylic acids is 1. The highest BCUT2D eigenvalue weighted by Crippen LogP contribution is 2.24. The van der Waals surface area contributed by atoms with Gasteiger partial charge in [0.1, 0.15) is 5.75 Å². The number of rotatable bonds is 6. The summed E-state index contributed by atoms with van der Waals surface area (Å²) in [7, 11) is -3.25. The fourth-order valence-corrected chi connectivity index (χ4v) is 3.79. The lowest BCUT2D eigenvalue weighted by Crippen LogP contribution is -2.36. The smallest absolute Gasteiger partial charge is 0.235 e. The lowest BCUT2D eigenvalue weighted by atomic mass is 10.2. The Morgan fingerprint density at radius 2 is 1.94 bits per heavy atom. The number of nitrogens with one attached hydrogen (secondary N) is 1. The topological polar surface area (TPSA) is 89.3 Å². The van der Waals surface area contributed by atoms with E-state index in [1.807, 2.05) is 6.92 Å². The van der Waals surface area contributed by atoms with Crippen LogP contribution in [0, 0.1) is 0 Å². The van der Waals surface area contributed by atoms with Gasteiger partial charge in [0.15, 0.2) is 9.84 Å². The molecule has 1 saturated carbocycles. The van der Waals surface area contributed by atoms with E-state index in [1.165, 1.54) is 0 Å². The summed E-state index contributed by atoms with van der Waals surface area (Å²) in [5.41, 5.74) is 5.54. The molecule has 0 aliphatic heterocycles. The Hall–Kier alpha value is -0.330. The Morgan fingerprint density at radius 1 is 1.39 bits per heavy atom. The zero-order chi connectivity index (χ0) is 12.9. The molecular formula is C11H23ClN2O3S. The molecule has 1 aliphatic rings. The predicted molar refractivity (Wildman–Crippen MR) is 74.6 cm³/mol. The van der Waals surface area contributed by atoms with Crippen molar-refractivity contribution >= 4 is 28.2 Å². The predicted octanol–water partition coefficient (Wildman–Crippen LogP) is 0.619. The molecule has 1 aliphatic carbocycles. The van der Waals surface area contributed by atoms with E-state index in [9.17, 15) is 13.2 Å². The van der Waals surface area contributed by atoms with Crippen LogP contribution in [0.4, 0.5) is 0 Å². The minimum absolute atomic E-state index is 0. The second-order valence-electron chi connectivity index (χ2n) is 4.83. The molecule has 1 unspecified atom stereocenters. The maximum Gasteiger partial charge on any atom is 0.235 e. The molecule has 0 spiro atoms. The van der Waals surface area contributed by atoms with E-state index < -0.39 is 15.7 Å². The summed E-state index contributed by atoms with van der Waals surface area (Å²) < 4.78 is 23.7. The molecule has 7 heteroatoms. The average molecular weight is 299 g/mol. The molecule has 0 bridgehead atoms. The fraction of sp³-hybridized carbons (Fsp3) is 0.909. The van der Waals surface area contributed by atoms with Crippen LogP contribution in [-0.2, 0) is 14.6 Å².